The summed E-state index contributed by atoms with van der Waals surface area (Å²) in [5, 5.41) is 0. The van der Waals surface area contributed by atoms with Crippen LogP contribution in [-0.2, 0) is 19.1 Å². The van der Waals surface area contributed by atoms with E-state index in [1.165, 1.54) is 77.0 Å². The van der Waals surface area contributed by atoms with Crippen LogP contribution in [0.4, 0.5) is 0 Å². The maximum absolute atomic E-state index is 13.1. The van der Waals surface area contributed by atoms with Gasteiger partial charge in [-0.2, -0.15) is 0 Å². The molecule has 0 aromatic carbocycles. The predicted molar refractivity (Wildman–Crippen MR) is 181 cm³/mol. The molecule has 0 heterocycles. The average molecular weight is 595 g/mol. The number of rotatable bonds is 29. The first kappa shape index (κ1) is 40.9. The second-order valence-corrected chi connectivity index (χ2v) is 14.6. The Kier molecular flexibility index (Phi) is 26.8. The molecule has 0 aromatic rings. The molecule has 0 bridgehead atoms. The molecular formula is C38H74O4. The highest BCUT2D eigenvalue weighted by Gasteiger charge is 2.33. The largest absolute Gasteiger partial charge is 0.466 e. The monoisotopic (exact) mass is 595 g/mol. The van der Waals surface area contributed by atoms with Crippen LogP contribution in [0.5, 0.6) is 0 Å². The van der Waals surface area contributed by atoms with Crippen LogP contribution in [0.1, 0.15) is 184 Å². The van der Waals surface area contributed by atoms with Crippen molar-refractivity contribution in [1.29, 1.82) is 0 Å². The Labute approximate surface area is 263 Å². The highest BCUT2D eigenvalue weighted by Crippen LogP contribution is 2.33. The Morgan fingerprint density at radius 1 is 0.452 bits per heavy atom. The van der Waals surface area contributed by atoms with Crippen LogP contribution >= 0.6 is 0 Å². The van der Waals surface area contributed by atoms with E-state index in [-0.39, 0.29) is 17.9 Å². The van der Waals surface area contributed by atoms with Gasteiger partial charge in [0.2, 0.25) is 0 Å². The van der Waals surface area contributed by atoms with Gasteiger partial charge in [-0.25, -0.2) is 0 Å². The number of carbonyl (C=O) groups is 2. The van der Waals surface area contributed by atoms with Gasteiger partial charge in [0.25, 0.3) is 0 Å². The zero-order chi connectivity index (χ0) is 31.6. The standard InChI is InChI=1S/C38H74O4/c1-31(2)25-19-17-23-29-41-36(39)28-22-16-14-12-10-9-11-13-15-21-27-35(33(5)6)37(34(7)8)38(40)42-30-24-18-20-26-32(3)4/h31-35,37H,9-30H2,1-8H3. The molecule has 4 heteroatoms. The maximum atomic E-state index is 13.1. The van der Waals surface area contributed by atoms with Gasteiger partial charge in [0.15, 0.2) is 0 Å². The van der Waals surface area contributed by atoms with Crippen LogP contribution in [0.15, 0.2) is 0 Å². The lowest BCUT2D eigenvalue weighted by Crippen LogP contribution is -2.33. The Morgan fingerprint density at radius 2 is 0.857 bits per heavy atom. The molecule has 0 aliphatic carbocycles. The van der Waals surface area contributed by atoms with Crippen molar-refractivity contribution in [2.75, 3.05) is 13.2 Å². The van der Waals surface area contributed by atoms with Gasteiger partial charge in [-0.1, -0.05) is 152 Å². The quantitative estimate of drug-likeness (QED) is 0.0638. The lowest BCUT2D eigenvalue weighted by Gasteiger charge is -2.31. The van der Waals surface area contributed by atoms with Gasteiger partial charge in [0, 0.05) is 6.42 Å². The summed E-state index contributed by atoms with van der Waals surface area (Å²) < 4.78 is 11.2. The summed E-state index contributed by atoms with van der Waals surface area (Å²) >= 11 is 0. The van der Waals surface area contributed by atoms with E-state index in [2.05, 4.69) is 55.4 Å². The lowest BCUT2D eigenvalue weighted by atomic mass is 9.74. The van der Waals surface area contributed by atoms with Crippen LogP contribution in [0.2, 0.25) is 0 Å². The number of hydrogen-bond acceptors (Lipinski definition) is 4. The van der Waals surface area contributed by atoms with Gasteiger partial charge in [-0.15, -0.1) is 0 Å². The predicted octanol–water partition coefficient (Wildman–Crippen LogP) is 11.7. The normalized spacial score (nSPS) is 13.3. The fourth-order valence-electron chi connectivity index (χ4n) is 6.12. The summed E-state index contributed by atoms with van der Waals surface area (Å²) in [5.74, 6) is 2.79. The molecule has 0 saturated carbocycles. The first-order valence-electron chi connectivity index (χ1n) is 18.4. The maximum Gasteiger partial charge on any atom is 0.309 e. The summed E-state index contributed by atoms with van der Waals surface area (Å²) in [4.78, 5) is 24.9. The third-order valence-corrected chi connectivity index (χ3v) is 8.84. The second kappa shape index (κ2) is 27.5. The van der Waals surface area contributed by atoms with E-state index >= 15 is 0 Å². The number of unbranched alkanes of at least 4 members (excludes halogenated alkanes) is 13. The van der Waals surface area contributed by atoms with E-state index in [4.69, 9.17) is 9.47 Å². The minimum Gasteiger partial charge on any atom is -0.466 e. The Morgan fingerprint density at radius 3 is 1.31 bits per heavy atom. The third kappa shape index (κ3) is 24.4. The van der Waals surface area contributed by atoms with E-state index in [0.717, 1.165) is 56.8 Å². The van der Waals surface area contributed by atoms with E-state index in [0.29, 0.717) is 37.4 Å². The summed E-state index contributed by atoms with van der Waals surface area (Å²) in [6.07, 6.45) is 23.3. The van der Waals surface area contributed by atoms with Gasteiger partial charge in [0.1, 0.15) is 0 Å². The molecule has 250 valence electrons. The second-order valence-electron chi connectivity index (χ2n) is 14.6. The van der Waals surface area contributed by atoms with Crippen LogP contribution in [0, 0.1) is 35.5 Å². The highest BCUT2D eigenvalue weighted by atomic mass is 16.5. The molecule has 0 fully saturated rings. The van der Waals surface area contributed by atoms with Crippen molar-refractivity contribution in [1.82, 2.24) is 0 Å². The molecule has 42 heavy (non-hydrogen) atoms. The molecule has 0 spiro atoms. The highest BCUT2D eigenvalue weighted by molar-refractivity contribution is 5.73. The number of carbonyl (C=O) groups excluding carboxylic acids is 2. The summed E-state index contributed by atoms with van der Waals surface area (Å²) in [6.45, 7) is 19.1. The SMILES string of the molecule is CC(C)CCCCCOC(=O)CCCCCCCCCCCCC(C(C)C)C(C(=O)OCCCCCC(C)C)C(C)C. The van der Waals surface area contributed by atoms with Gasteiger partial charge >= 0.3 is 11.9 Å². The van der Waals surface area contributed by atoms with Gasteiger partial charge < -0.3 is 9.47 Å². The molecule has 0 amide bonds. The van der Waals surface area contributed by atoms with Crippen LogP contribution in [-0.4, -0.2) is 25.2 Å². The summed E-state index contributed by atoms with van der Waals surface area (Å²) in [5.41, 5.74) is 0. The summed E-state index contributed by atoms with van der Waals surface area (Å²) in [6, 6.07) is 0. The Bertz CT molecular complexity index is 625. The lowest BCUT2D eigenvalue weighted by molar-refractivity contribution is -0.153. The first-order chi connectivity index (χ1) is 20.1. The molecule has 0 N–H and O–H groups in total. The van der Waals surface area contributed by atoms with Crippen molar-refractivity contribution >= 4 is 11.9 Å². The molecule has 0 rings (SSSR count). The average Bonchev–Trinajstić information content (AvgIpc) is 2.91. The molecule has 2 atom stereocenters. The third-order valence-electron chi connectivity index (χ3n) is 8.84. The Hall–Kier alpha value is -1.06. The van der Waals surface area contributed by atoms with Crippen molar-refractivity contribution in [3.63, 3.8) is 0 Å². The van der Waals surface area contributed by atoms with Gasteiger partial charge in [-0.05, 0) is 55.3 Å². The number of hydrogen-bond donors (Lipinski definition) is 0. The van der Waals surface area contributed by atoms with Crippen molar-refractivity contribution in [3.05, 3.63) is 0 Å². The molecule has 2 unspecified atom stereocenters. The number of ether oxygens (including phenoxy) is 2. The first-order valence-corrected chi connectivity index (χ1v) is 18.4. The zero-order valence-electron chi connectivity index (χ0n) is 29.7. The molecule has 0 aliphatic heterocycles. The number of esters is 2. The van der Waals surface area contributed by atoms with Crippen LogP contribution < -0.4 is 0 Å². The zero-order valence-corrected chi connectivity index (χ0v) is 29.7. The van der Waals surface area contributed by atoms with Crippen LogP contribution in [0.25, 0.3) is 0 Å². The van der Waals surface area contributed by atoms with Crippen molar-refractivity contribution in [2.24, 2.45) is 35.5 Å². The van der Waals surface area contributed by atoms with Crippen LogP contribution in [0.3, 0.4) is 0 Å². The fourth-order valence-corrected chi connectivity index (χ4v) is 6.12. The van der Waals surface area contributed by atoms with E-state index < -0.39 is 0 Å². The smallest absolute Gasteiger partial charge is 0.309 e. The minimum absolute atomic E-state index is 0.0114. The minimum atomic E-state index is -0.0114. The topological polar surface area (TPSA) is 52.6 Å². The molecule has 0 aromatic heterocycles. The van der Waals surface area contributed by atoms with Crippen molar-refractivity contribution < 1.29 is 19.1 Å². The molecule has 0 aliphatic rings. The summed E-state index contributed by atoms with van der Waals surface area (Å²) in [7, 11) is 0. The molecular weight excluding hydrogens is 520 g/mol. The van der Waals surface area contributed by atoms with Gasteiger partial charge in [-0.3, -0.25) is 9.59 Å². The molecule has 0 radical (unpaired) electrons. The molecule has 4 nitrogen and oxygen atoms in total. The van der Waals surface area contributed by atoms with Crippen molar-refractivity contribution in [2.45, 2.75) is 184 Å². The van der Waals surface area contributed by atoms with E-state index in [1.807, 2.05) is 0 Å². The fraction of sp³-hybridized carbons (Fsp3) is 0.947. The molecule has 0 saturated heterocycles. The van der Waals surface area contributed by atoms with E-state index in [1.54, 1.807) is 0 Å². The van der Waals surface area contributed by atoms with E-state index in [9.17, 15) is 9.59 Å². The Balaban J connectivity index is 3.90. The van der Waals surface area contributed by atoms with Crippen molar-refractivity contribution in [3.8, 4) is 0 Å². The van der Waals surface area contributed by atoms with Gasteiger partial charge in [0.05, 0.1) is 19.1 Å².